The van der Waals surface area contributed by atoms with Crippen molar-refractivity contribution in [2.24, 2.45) is 0 Å². The fraction of sp³-hybridized carbons (Fsp3) is 0.273. The Bertz CT molecular complexity index is 406. The Kier molecular flexibility index (Phi) is 3.99. The highest BCUT2D eigenvalue weighted by Crippen LogP contribution is 2.11. The van der Waals surface area contributed by atoms with Gasteiger partial charge in [-0.2, -0.15) is 0 Å². The fourth-order valence-corrected chi connectivity index (χ4v) is 1.37. The predicted octanol–water partition coefficient (Wildman–Crippen LogP) is 0.876. The molecule has 1 aromatic rings. The van der Waals surface area contributed by atoms with E-state index < -0.39 is 12.0 Å². The summed E-state index contributed by atoms with van der Waals surface area (Å²) in [4.78, 5) is 20.9. The third-order valence-electron chi connectivity index (χ3n) is 2.23. The molecule has 4 nitrogen and oxygen atoms in total. The molecule has 5 heteroatoms. The van der Waals surface area contributed by atoms with Crippen LogP contribution in [0.1, 0.15) is 11.1 Å². The maximum Gasteiger partial charge on any atom is 0.326 e. The second-order valence-corrected chi connectivity index (χ2v) is 3.46. The van der Waals surface area contributed by atoms with Crippen LogP contribution < -0.4 is 5.32 Å². The molecule has 0 saturated heterocycles. The van der Waals surface area contributed by atoms with E-state index >= 15 is 0 Å². The number of carboxylic acids is 1. The molecule has 0 bridgehead atoms. The summed E-state index contributed by atoms with van der Waals surface area (Å²) in [7, 11) is 0. The smallest absolute Gasteiger partial charge is 0.326 e. The van der Waals surface area contributed by atoms with E-state index in [0.29, 0.717) is 17.5 Å². The largest absolute Gasteiger partial charge is 0.480 e. The van der Waals surface area contributed by atoms with E-state index in [2.05, 4.69) is 5.32 Å². The lowest BCUT2D eigenvalue weighted by Crippen LogP contribution is -2.37. The summed E-state index contributed by atoms with van der Waals surface area (Å²) >= 11 is 0. The van der Waals surface area contributed by atoms with Crippen LogP contribution in [-0.4, -0.2) is 23.5 Å². The molecular formula is C11H12FNO3. The SMILES string of the molecule is Cc1cc(CC(NC=O)C(=O)O)ccc1F. The molecule has 0 heterocycles. The van der Waals surface area contributed by atoms with Gasteiger partial charge in [0.05, 0.1) is 0 Å². The second kappa shape index (κ2) is 5.25. The van der Waals surface area contributed by atoms with Gasteiger partial charge in [-0.05, 0) is 24.1 Å². The molecule has 0 radical (unpaired) electrons. The summed E-state index contributed by atoms with van der Waals surface area (Å²) in [5.74, 6) is -1.45. The van der Waals surface area contributed by atoms with E-state index in [9.17, 15) is 14.0 Å². The van der Waals surface area contributed by atoms with Crippen LogP contribution in [0.5, 0.6) is 0 Å². The molecule has 2 N–H and O–H groups in total. The third kappa shape index (κ3) is 3.05. The first-order valence-corrected chi connectivity index (χ1v) is 4.72. The van der Waals surface area contributed by atoms with Gasteiger partial charge in [0.15, 0.2) is 0 Å². The van der Waals surface area contributed by atoms with E-state index in [1.54, 1.807) is 13.0 Å². The predicted molar refractivity (Wildman–Crippen MR) is 55.5 cm³/mol. The van der Waals surface area contributed by atoms with Crippen molar-refractivity contribution >= 4 is 12.4 Å². The van der Waals surface area contributed by atoms with Gasteiger partial charge in [-0.3, -0.25) is 4.79 Å². The molecule has 0 aliphatic carbocycles. The number of carboxylic acid groups (broad SMARTS) is 1. The van der Waals surface area contributed by atoms with Crippen molar-refractivity contribution in [3.05, 3.63) is 35.1 Å². The molecule has 0 aromatic heterocycles. The average Bonchev–Trinajstić information content (AvgIpc) is 2.22. The number of hydrogen-bond donors (Lipinski definition) is 2. The van der Waals surface area contributed by atoms with E-state index in [0.717, 1.165) is 0 Å². The summed E-state index contributed by atoms with van der Waals surface area (Å²) in [6.45, 7) is 1.60. The maximum absolute atomic E-state index is 13.0. The number of aryl methyl sites for hydroxylation is 1. The zero-order valence-electron chi connectivity index (χ0n) is 8.74. The van der Waals surface area contributed by atoms with Crippen molar-refractivity contribution in [3.8, 4) is 0 Å². The van der Waals surface area contributed by atoms with Gasteiger partial charge in [0.2, 0.25) is 6.41 Å². The van der Waals surface area contributed by atoms with Crippen molar-refractivity contribution in [3.63, 3.8) is 0 Å². The van der Waals surface area contributed by atoms with Crippen LogP contribution in [-0.2, 0) is 16.0 Å². The van der Waals surface area contributed by atoms with E-state index in [-0.39, 0.29) is 12.2 Å². The minimum Gasteiger partial charge on any atom is -0.480 e. The first-order chi connectivity index (χ1) is 7.54. The summed E-state index contributed by atoms with van der Waals surface area (Å²) in [5, 5.41) is 11.0. The van der Waals surface area contributed by atoms with Gasteiger partial charge in [0, 0.05) is 6.42 Å². The molecule has 0 saturated carbocycles. The minimum atomic E-state index is -1.12. The highest BCUT2D eigenvalue weighted by atomic mass is 19.1. The van der Waals surface area contributed by atoms with Crippen molar-refractivity contribution in [1.82, 2.24) is 5.32 Å². The number of rotatable bonds is 5. The summed E-state index contributed by atoms with van der Waals surface area (Å²) < 4.78 is 13.0. The highest BCUT2D eigenvalue weighted by molar-refractivity contribution is 5.76. The van der Waals surface area contributed by atoms with Crippen molar-refractivity contribution < 1.29 is 19.1 Å². The maximum atomic E-state index is 13.0. The topological polar surface area (TPSA) is 66.4 Å². The van der Waals surface area contributed by atoms with Gasteiger partial charge in [-0.1, -0.05) is 12.1 Å². The van der Waals surface area contributed by atoms with E-state index in [1.807, 2.05) is 0 Å². The molecule has 1 unspecified atom stereocenters. The van der Waals surface area contributed by atoms with Gasteiger partial charge < -0.3 is 10.4 Å². The molecular weight excluding hydrogens is 213 g/mol. The molecule has 0 spiro atoms. The zero-order chi connectivity index (χ0) is 12.1. The molecule has 1 amide bonds. The van der Waals surface area contributed by atoms with Crippen LogP contribution >= 0.6 is 0 Å². The summed E-state index contributed by atoms with van der Waals surface area (Å²) in [5.41, 5.74) is 1.12. The Labute approximate surface area is 92.1 Å². The number of amides is 1. The fourth-order valence-electron chi connectivity index (χ4n) is 1.37. The highest BCUT2D eigenvalue weighted by Gasteiger charge is 2.16. The monoisotopic (exact) mass is 225 g/mol. The number of aliphatic carboxylic acids is 1. The molecule has 0 aliphatic rings. The number of halogens is 1. The van der Waals surface area contributed by atoms with E-state index in [1.165, 1.54) is 12.1 Å². The lowest BCUT2D eigenvalue weighted by Gasteiger charge is -2.11. The molecule has 0 aliphatic heterocycles. The number of carbonyl (C=O) groups excluding carboxylic acids is 1. The normalized spacial score (nSPS) is 11.9. The molecule has 1 rings (SSSR count). The van der Waals surface area contributed by atoms with Gasteiger partial charge in [0.25, 0.3) is 0 Å². The molecule has 86 valence electrons. The van der Waals surface area contributed by atoms with Crippen LogP contribution in [0.2, 0.25) is 0 Å². The first-order valence-electron chi connectivity index (χ1n) is 4.72. The minimum absolute atomic E-state index is 0.134. The average molecular weight is 225 g/mol. The van der Waals surface area contributed by atoms with Gasteiger partial charge in [-0.15, -0.1) is 0 Å². The molecule has 16 heavy (non-hydrogen) atoms. The first kappa shape index (κ1) is 12.2. The van der Waals surface area contributed by atoms with Crippen LogP contribution in [0.3, 0.4) is 0 Å². The lowest BCUT2D eigenvalue weighted by atomic mass is 10.0. The van der Waals surface area contributed by atoms with Gasteiger partial charge >= 0.3 is 5.97 Å². The number of benzene rings is 1. The Morgan fingerprint density at radius 3 is 2.81 bits per heavy atom. The van der Waals surface area contributed by atoms with Gasteiger partial charge in [-0.25, -0.2) is 9.18 Å². The molecule has 1 aromatic carbocycles. The van der Waals surface area contributed by atoms with Crippen molar-refractivity contribution in [2.45, 2.75) is 19.4 Å². The Balaban J connectivity index is 2.81. The van der Waals surface area contributed by atoms with Crippen LogP contribution in [0.15, 0.2) is 18.2 Å². The Hall–Kier alpha value is -1.91. The van der Waals surface area contributed by atoms with E-state index in [4.69, 9.17) is 5.11 Å². The number of nitrogens with one attached hydrogen (secondary N) is 1. The summed E-state index contributed by atoms with van der Waals surface area (Å²) in [6.07, 6.45) is 0.477. The Morgan fingerprint density at radius 2 is 2.31 bits per heavy atom. The van der Waals surface area contributed by atoms with Crippen molar-refractivity contribution in [2.75, 3.05) is 0 Å². The Morgan fingerprint density at radius 1 is 1.62 bits per heavy atom. The lowest BCUT2D eigenvalue weighted by molar-refractivity contribution is -0.140. The second-order valence-electron chi connectivity index (χ2n) is 3.46. The van der Waals surface area contributed by atoms with Crippen LogP contribution in [0.4, 0.5) is 4.39 Å². The standard InChI is InChI=1S/C11H12FNO3/c1-7-4-8(2-3-9(7)12)5-10(11(15)16)13-6-14/h2-4,6,10H,5H2,1H3,(H,13,14)(H,15,16). The number of carbonyl (C=O) groups is 2. The quantitative estimate of drug-likeness (QED) is 0.731. The van der Waals surface area contributed by atoms with Crippen molar-refractivity contribution in [1.29, 1.82) is 0 Å². The third-order valence-corrected chi connectivity index (χ3v) is 2.23. The summed E-state index contributed by atoms with van der Waals surface area (Å²) in [6, 6.07) is 3.37. The number of hydrogen-bond acceptors (Lipinski definition) is 2. The van der Waals surface area contributed by atoms with Crippen LogP contribution in [0.25, 0.3) is 0 Å². The van der Waals surface area contributed by atoms with Gasteiger partial charge in [0.1, 0.15) is 11.9 Å². The van der Waals surface area contributed by atoms with Crippen LogP contribution in [0, 0.1) is 12.7 Å². The molecule has 0 fully saturated rings. The zero-order valence-corrected chi connectivity index (χ0v) is 8.74. The molecule has 1 atom stereocenters.